The summed E-state index contributed by atoms with van der Waals surface area (Å²) in [5, 5.41) is 2.87. The van der Waals surface area contributed by atoms with E-state index in [1.54, 1.807) is 31.4 Å². The first-order valence-corrected chi connectivity index (χ1v) is 8.66. The lowest BCUT2D eigenvalue weighted by molar-refractivity contribution is 0.0950. The summed E-state index contributed by atoms with van der Waals surface area (Å²) >= 11 is 0. The van der Waals surface area contributed by atoms with Crippen LogP contribution in [0.4, 0.5) is 0 Å². The predicted octanol–water partition coefficient (Wildman–Crippen LogP) is 3.48. The highest BCUT2D eigenvalue weighted by Crippen LogP contribution is 2.20. The Balaban J connectivity index is 1.64. The van der Waals surface area contributed by atoms with Crippen molar-refractivity contribution in [3.8, 4) is 22.8 Å². The normalized spacial score (nSPS) is 10.3. The Morgan fingerprint density at radius 1 is 1.00 bits per heavy atom. The molecule has 0 saturated carbocycles. The van der Waals surface area contributed by atoms with Gasteiger partial charge in [0.05, 0.1) is 31.6 Å². The molecule has 6 nitrogen and oxygen atoms in total. The fourth-order valence-electron chi connectivity index (χ4n) is 2.56. The number of amides is 1. The van der Waals surface area contributed by atoms with Crippen LogP contribution >= 0.6 is 0 Å². The number of benzene rings is 2. The maximum absolute atomic E-state index is 12.3. The monoisotopic (exact) mass is 363 g/mol. The van der Waals surface area contributed by atoms with Gasteiger partial charge >= 0.3 is 0 Å². The smallest absolute Gasteiger partial charge is 0.251 e. The molecule has 0 spiro atoms. The van der Waals surface area contributed by atoms with E-state index in [1.165, 1.54) is 6.33 Å². The molecule has 0 radical (unpaired) electrons. The first kappa shape index (κ1) is 18.4. The van der Waals surface area contributed by atoms with Crippen molar-refractivity contribution in [2.45, 2.75) is 13.5 Å². The van der Waals surface area contributed by atoms with Crippen LogP contribution in [0.25, 0.3) is 11.3 Å². The minimum Gasteiger partial charge on any atom is -0.497 e. The number of rotatable bonds is 7. The minimum absolute atomic E-state index is 0.164. The third kappa shape index (κ3) is 4.82. The molecule has 0 aliphatic rings. The van der Waals surface area contributed by atoms with E-state index >= 15 is 0 Å². The number of hydrogen-bond donors (Lipinski definition) is 1. The van der Waals surface area contributed by atoms with Crippen molar-refractivity contribution in [1.82, 2.24) is 15.3 Å². The van der Waals surface area contributed by atoms with Crippen molar-refractivity contribution in [3.63, 3.8) is 0 Å². The Bertz CT molecular complexity index is 893. The highest BCUT2D eigenvalue weighted by Gasteiger charge is 2.07. The number of aromatic nitrogens is 2. The number of methoxy groups -OCH3 is 1. The van der Waals surface area contributed by atoms with Gasteiger partial charge in [-0.3, -0.25) is 4.79 Å². The van der Waals surface area contributed by atoms with Gasteiger partial charge in [0.1, 0.15) is 17.8 Å². The van der Waals surface area contributed by atoms with Gasteiger partial charge in [-0.2, -0.15) is 0 Å². The molecule has 1 N–H and O–H groups in total. The predicted molar refractivity (Wildman–Crippen MR) is 103 cm³/mol. The lowest BCUT2D eigenvalue weighted by Gasteiger charge is -2.08. The van der Waals surface area contributed by atoms with E-state index in [9.17, 15) is 4.79 Å². The molecular formula is C21H21N3O3. The summed E-state index contributed by atoms with van der Waals surface area (Å²) in [6.45, 7) is 2.83. The summed E-state index contributed by atoms with van der Waals surface area (Å²) in [5.74, 6) is 1.37. The highest BCUT2D eigenvalue weighted by atomic mass is 16.5. The summed E-state index contributed by atoms with van der Waals surface area (Å²) in [6, 6.07) is 16.5. The van der Waals surface area contributed by atoms with Crippen LogP contribution in [0.5, 0.6) is 11.5 Å². The first-order valence-electron chi connectivity index (χ1n) is 8.66. The van der Waals surface area contributed by atoms with Gasteiger partial charge in [-0.25, -0.2) is 9.97 Å². The van der Waals surface area contributed by atoms with Crippen molar-refractivity contribution in [2.75, 3.05) is 13.7 Å². The van der Waals surface area contributed by atoms with E-state index in [-0.39, 0.29) is 5.91 Å². The van der Waals surface area contributed by atoms with Gasteiger partial charge in [0.15, 0.2) is 0 Å². The van der Waals surface area contributed by atoms with E-state index in [1.807, 2.05) is 37.3 Å². The van der Waals surface area contributed by atoms with E-state index in [0.29, 0.717) is 18.7 Å². The zero-order valence-electron chi connectivity index (χ0n) is 15.3. The molecule has 0 unspecified atom stereocenters. The van der Waals surface area contributed by atoms with E-state index in [0.717, 1.165) is 28.5 Å². The average Bonchev–Trinajstić information content (AvgIpc) is 2.73. The molecule has 1 amide bonds. The van der Waals surface area contributed by atoms with Crippen molar-refractivity contribution in [3.05, 3.63) is 72.2 Å². The molecule has 27 heavy (non-hydrogen) atoms. The van der Waals surface area contributed by atoms with Crippen LogP contribution in [0.1, 0.15) is 23.0 Å². The maximum Gasteiger partial charge on any atom is 0.251 e. The van der Waals surface area contributed by atoms with Crippen LogP contribution in [0, 0.1) is 0 Å². The van der Waals surface area contributed by atoms with Gasteiger partial charge in [0.2, 0.25) is 0 Å². The van der Waals surface area contributed by atoms with Crippen LogP contribution in [0.2, 0.25) is 0 Å². The molecule has 6 heteroatoms. The lowest BCUT2D eigenvalue weighted by Crippen LogP contribution is -2.23. The summed E-state index contributed by atoms with van der Waals surface area (Å²) in [5.41, 5.74) is 3.05. The molecular weight excluding hydrogens is 342 g/mol. The van der Waals surface area contributed by atoms with Crippen LogP contribution in [-0.4, -0.2) is 29.6 Å². The molecule has 3 aromatic rings. The second-order valence-corrected chi connectivity index (χ2v) is 5.76. The standard InChI is InChI=1S/C21H21N3O3/c1-3-27-19-10-6-16(7-11-19)21(25)22-13-17-12-20(24-14-23-17)15-4-8-18(26-2)9-5-15/h4-12,14H,3,13H2,1-2H3,(H,22,25). The summed E-state index contributed by atoms with van der Waals surface area (Å²) in [4.78, 5) is 20.8. The fraction of sp³-hybridized carbons (Fsp3) is 0.190. The Labute approximate surface area is 158 Å². The second-order valence-electron chi connectivity index (χ2n) is 5.76. The first-order chi connectivity index (χ1) is 13.2. The van der Waals surface area contributed by atoms with Crippen molar-refractivity contribution in [2.24, 2.45) is 0 Å². The molecule has 138 valence electrons. The third-order valence-electron chi connectivity index (χ3n) is 3.97. The molecule has 0 aliphatic carbocycles. The third-order valence-corrected chi connectivity index (χ3v) is 3.97. The van der Waals surface area contributed by atoms with Crippen molar-refractivity contribution >= 4 is 5.91 Å². The minimum atomic E-state index is -0.164. The molecule has 2 aromatic carbocycles. The molecule has 1 heterocycles. The zero-order valence-corrected chi connectivity index (χ0v) is 15.3. The number of nitrogens with zero attached hydrogens (tertiary/aromatic N) is 2. The van der Waals surface area contributed by atoms with Crippen molar-refractivity contribution in [1.29, 1.82) is 0 Å². The summed E-state index contributed by atoms with van der Waals surface area (Å²) in [6.07, 6.45) is 1.50. The Hall–Kier alpha value is -3.41. The van der Waals surface area contributed by atoms with Gasteiger partial charge in [0, 0.05) is 11.1 Å². The number of nitrogens with one attached hydrogen (secondary N) is 1. The fourth-order valence-corrected chi connectivity index (χ4v) is 2.56. The number of ether oxygens (including phenoxy) is 2. The largest absolute Gasteiger partial charge is 0.497 e. The number of hydrogen-bond acceptors (Lipinski definition) is 5. The Morgan fingerprint density at radius 3 is 2.37 bits per heavy atom. The topological polar surface area (TPSA) is 73.3 Å². The van der Waals surface area contributed by atoms with Gasteiger partial charge in [-0.15, -0.1) is 0 Å². The lowest BCUT2D eigenvalue weighted by atomic mass is 10.1. The van der Waals surface area contributed by atoms with Crippen molar-refractivity contribution < 1.29 is 14.3 Å². The van der Waals surface area contributed by atoms with E-state index in [4.69, 9.17) is 9.47 Å². The Kier molecular flexibility index (Phi) is 5.99. The molecule has 0 saturated heterocycles. The van der Waals surface area contributed by atoms with Gasteiger partial charge < -0.3 is 14.8 Å². The van der Waals surface area contributed by atoms with Gasteiger partial charge in [-0.05, 0) is 61.5 Å². The zero-order chi connectivity index (χ0) is 19.1. The van der Waals surface area contributed by atoms with E-state index in [2.05, 4.69) is 15.3 Å². The number of carbonyl (C=O) groups is 1. The second kappa shape index (κ2) is 8.80. The Morgan fingerprint density at radius 2 is 1.70 bits per heavy atom. The summed E-state index contributed by atoms with van der Waals surface area (Å²) < 4.78 is 10.6. The molecule has 0 atom stereocenters. The molecule has 1 aromatic heterocycles. The molecule has 0 aliphatic heterocycles. The molecule has 0 bridgehead atoms. The van der Waals surface area contributed by atoms with Crippen LogP contribution in [0.3, 0.4) is 0 Å². The van der Waals surface area contributed by atoms with Crippen LogP contribution in [-0.2, 0) is 6.54 Å². The number of carbonyl (C=O) groups excluding carboxylic acids is 1. The summed E-state index contributed by atoms with van der Waals surface area (Å²) in [7, 11) is 1.63. The highest BCUT2D eigenvalue weighted by molar-refractivity contribution is 5.94. The molecule has 0 fully saturated rings. The van der Waals surface area contributed by atoms with Crippen LogP contribution in [0.15, 0.2) is 60.9 Å². The maximum atomic E-state index is 12.3. The van der Waals surface area contributed by atoms with Gasteiger partial charge in [0.25, 0.3) is 5.91 Å². The van der Waals surface area contributed by atoms with Crippen LogP contribution < -0.4 is 14.8 Å². The van der Waals surface area contributed by atoms with Gasteiger partial charge in [-0.1, -0.05) is 0 Å². The van der Waals surface area contributed by atoms with E-state index < -0.39 is 0 Å². The molecule has 3 rings (SSSR count). The SMILES string of the molecule is CCOc1ccc(C(=O)NCc2cc(-c3ccc(OC)cc3)ncn2)cc1. The average molecular weight is 363 g/mol. The quantitative estimate of drug-likeness (QED) is 0.696.